The largest absolute Gasteiger partial charge is 0.381 e. The summed E-state index contributed by atoms with van der Waals surface area (Å²) in [6, 6.07) is 9.33. The fraction of sp³-hybridized carbons (Fsp3) is 0.625. The topological polar surface area (TPSA) is 38.5 Å². The molecule has 2 aliphatic heterocycles. The molecule has 3 nitrogen and oxygen atoms in total. The van der Waals surface area contributed by atoms with Crippen molar-refractivity contribution in [1.29, 1.82) is 0 Å². The molecule has 3 heteroatoms. The van der Waals surface area contributed by atoms with E-state index >= 15 is 0 Å². The molecule has 2 aliphatic rings. The van der Waals surface area contributed by atoms with Gasteiger partial charge in [0, 0.05) is 36.8 Å². The van der Waals surface area contributed by atoms with Crippen LogP contribution in [-0.4, -0.2) is 32.3 Å². The van der Waals surface area contributed by atoms with E-state index in [1.54, 1.807) is 0 Å². The van der Waals surface area contributed by atoms with Gasteiger partial charge in [0.25, 0.3) is 0 Å². The van der Waals surface area contributed by atoms with Crippen molar-refractivity contribution in [3.63, 3.8) is 0 Å². The van der Waals surface area contributed by atoms with E-state index in [-0.39, 0.29) is 5.41 Å². The Morgan fingerprint density at radius 3 is 3.00 bits per heavy atom. The predicted molar refractivity (Wildman–Crippen MR) is 78.5 cm³/mol. The van der Waals surface area contributed by atoms with Gasteiger partial charge < -0.3 is 15.4 Å². The van der Waals surface area contributed by atoms with Crippen LogP contribution in [0.1, 0.15) is 25.3 Å². The second-order valence-corrected chi connectivity index (χ2v) is 6.17. The highest BCUT2D eigenvalue weighted by atomic mass is 16.5. The summed E-state index contributed by atoms with van der Waals surface area (Å²) in [5.74, 6) is 0. The van der Waals surface area contributed by atoms with Crippen LogP contribution in [0, 0.1) is 5.41 Å². The number of benzene rings is 1. The number of nitrogens with two attached hydrogens (primary N) is 1. The van der Waals surface area contributed by atoms with Crippen molar-refractivity contribution in [1.82, 2.24) is 0 Å². The van der Waals surface area contributed by atoms with Crippen molar-refractivity contribution in [3.05, 3.63) is 29.8 Å². The van der Waals surface area contributed by atoms with Gasteiger partial charge in [0.15, 0.2) is 0 Å². The van der Waals surface area contributed by atoms with E-state index in [9.17, 15) is 0 Å². The molecule has 0 aromatic heterocycles. The summed E-state index contributed by atoms with van der Waals surface area (Å²) >= 11 is 0. The minimum atomic E-state index is 0.143. The first-order valence-corrected chi connectivity index (χ1v) is 7.36. The molecule has 2 atom stereocenters. The normalized spacial score (nSPS) is 30.4. The Morgan fingerprint density at radius 1 is 1.42 bits per heavy atom. The zero-order chi connectivity index (χ0) is 13.3. The van der Waals surface area contributed by atoms with Gasteiger partial charge in [0.05, 0.1) is 6.61 Å². The Balaban J connectivity index is 1.82. The minimum absolute atomic E-state index is 0.143. The molecule has 0 saturated carbocycles. The predicted octanol–water partition coefficient (Wildman–Crippen LogP) is 2.19. The van der Waals surface area contributed by atoms with Crippen molar-refractivity contribution in [2.45, 2.75) is 32.2 Å². The molecule has 19 heavy (non-hydrogen) atoms. The summed E-state index contributed by atoms with van der Waals surface area (Å²) < 4.78 is 5.70. The van der Waals surface area contributed by atoms with Gasteiger partial charge >= 0.3 is 0 Å². The maximum atomic E-state index is 6.08. The first-order chi connectivity index (χ1) is 9.24. The van der Waals surface area contributed by atoms with Crippen molar-refractivity contribution < 1.29 is 4.74 Å². The number of fused-ring (bicyclic) bond motifs is 1. The van der Waals surface area contributed by atoms with Crippen LogP contribution in [0.15, 0.2) is 24.3 Å². The smallest absolute Gasteiger partial charge is 0.0551 e. The van der Waals surface area contributed by atoms with E-state index in [0.29, 0.717) is 6.04 Å². The molecule has 0 spiro atoms. The zero-order valence-corrected chi connectivity index (χ0v) is 11.8. The molecule has 2 unspecified atom stereocenters. The van der Waals surface area contributed by atoms with Gasteiger partial charge in [0.2, 0.25) is 0 Å². The quantitative estimate of drug-likeness (QED) is 0.905. The number of para-hydroxylation sites is 1. The van der Waals surface area contributed by atoms with E-state index in [4.69, 9.17) is 10.5 Å². The SMILES string of the molecule is CC1Cc2ccccc2N1CC1(CN)CCCOC1. The fourth-order valence-electron chi connectivity index (χ4n) is 3.49. The average Bonchev–Trinajstić information content (AvgIpc) is 2.76. The van der Waals surface area contributed by atoms with Crippen LogP contribution >= 0.6 is 0 Å². The standard InChI is InChI=1S/C16H24N2O/c1-13-9-14-5-2-3-6-15(14)18(13)11-16(10-17)7-4-8-19-12-16/h2-3,5-6,13H,4,7-12,17H2,1H3. The molecule has 1 aromatic carbocycles. The van der Waals surface area contributed by atoms with Gasteiger partial charge in [0.1, 0.15) is 0 Å². The number of hydrogen-bond acceptors (Lipinski definition) is 3. The highest BCUT2D eigenvalue weighted by Crippen LogP contribution is 2.37. The molecule has 104 valence electrons. The van der Waals surface area contributed by atoms with Crippen molar-refractivity contribution in [2.24, 2.45) is 11.1 Å². The fourth-order valence-corrected chi connectivity index (χ4v) is 3.49. The van der Waals surface area contributed by atoms with Crippen LogP contribution in [-0.2, 0) is 11.2 Å². The summed E-state index contributed by atoms with van der Waals surface area (Å²) in [5, 5.41) is 0. The summed E-state index contributed by atoms with van der Waals surface area (Å²) in [5.41, 5.74) is 9.09. The number of ether oxygens (including phenoxy) is 1. The number of hydrogen-bond donors (Lipinski definition) is 1. The van der Waals surface area contributed by atoms with Crippen molar-refractivity contribution >= 4 is 5.69 Å². The maximum Gasteiger partial charge on any atom is 0.0551 e. The molecule has 2 N–H and O–H groups in total. The third kappa shape index (κ3) is 2.37. The van der Waals surface area contributed by atoms with Gasteiger partial charge in [-0.2, -0.15) is 0 Å². The summed E-state index contributed by atoms with van der Waals surface area (Å²) in [6.45, 7) is 5.77. The molecule has 0 amide bonds. The molecular formula is C16H24N2O. The molecule has 0 aliphatic carbocycles. The van der Waals surface area contributed by atoms with E-state index in [2.05, 4.69) is 36.1 Å². The Hall–Kier alpha value is -1.06. The van der Waals surface area contributed by atoms with Crippen molar-refractivity contribution in [2.75, 3.05) is 31.2 Å². The highest BCUT2D eigenvalue weighted by Gasteiger charge is 2.37. The van der Waals surface area contributed by atoms with Crippen LogP contribution < -0.4 is 10.6 Å². The third-order valence-electron chi connectivity index (χ3n) is 4.69. The van der Waals surface area contributed by atoms with Gasteiger partial charge in [-0.15, -0.1) is 0 Å². The van der Waals surface area contributed by atoms with Gasteiger partial charge in [-0.25, -0.2) is 0 Å². The van der Waals surface area contributed by atoms with E-state index in [1.807, 2.05) is 0 Å². The summed E-state index contributed by atoms with van der Waals surface area (Å²) in [4.78, 5) is 2.54. The highest BCUT2D eigenvalue weighted by molar-refractivity contribution is 5.59. The molecule has 0 radical (unpaired) electrons. The zero-order valence-electron chi connectivity index (χ0n) is 11.8. The lowest BCUT2D eigenvalue weighted by molar-refractivity contribution is 0.000731. The van der Waals surface area contributed by atoms with Crippen molar-refractivity contribution in [3.8, 4) is 0 Å². The number of rotatable bonds is 3. The minimum Gasteiger partial charge on any atom is -0.381 e. The molecule has 3 rings (SSSR count). The van der Waals surface area contributed by atoms with E-state index in [0.717, 1.165) is 39.1 Å². The van der Waals surface area contributed by atoms with Crippen LogP contribution in [0.5, 0.6) is 0 Å². The van der Waals surface area contributed by atoms with Gasteiger partial charge in [-0.05, 0) is 37.8 Å². The monoisotopic (exact) mass is 260 g/mol. The molecule has 1 fully saturated rings. The number of anilines is 1. The molecule has 1 saturated heterocycles. The van der Waals surface area contributed by atoms with Crippen LogP contribution in [0.2, 0.25) is 0 Å². The van der Waals surface area contributed by atoms with Gasteiger partial charge in [-0.1, -0.05) is 18.2 Å². The first-order valence-electron chi connectivity index (χ1n) is 7.36. The molecule has 2 heterocycles. The second-order valence-electron chi connectivity index (χ2n) is 6.17. The Kier molecular flexibility index (Phi) is 3.50. The van der Waals surface area contributed by atoms with E-state index < -0.39 is 0 Å². The maximum absolute atomic E-state index is 6.08. The molecular weight excluding hydrogens is 236 g/mol. The lowest BCUT2D eigenvalue weighted by atomic mass is 9.82. The average molecular weight is 260 g/mol. The lowest BCUT2D eigenvalue weighted by Gasteiger charge is -2.41. The van der Waals surface area contributed by atoms with Crippen LogP contribution in [0.25, 0.3) is 0 Å². The Bertz CT molecular complexity index is 440. The first kappa shape index (κ1) is 12.9. The summed E-state index contributed by atoms with van der Waals surface area (Å²) in [7, 11) is 0. The Labute approximate surface area is 115 Å². The number of nitrogens with zero attached hydrogens (tertiary/aromatic N) is 1. The lowest BCUT2D eigenvalue weighted by Crippen LogP contribution is -2.49. The second kappa shape index (κ2) is 5.14. The molecule has 1 aromatic rings. The van der Waals surface area contributed by atoms with Crippen LogP contribution in [0.4, 0.5) is 5.69 Å². The van der Waals surface area contributed by atoms with Gasteiger partial charge in [-0.3, -0.25) is 0 Å². The molecule has 0 bridgehead atoms. The van der Waals surface area contributed by atoms with E-state index in [1.165, 1.54) is 17.7 Å². The third-order valence-corrected chi connectivity index (χ3v) is 4.69. The summed E-state index contributed by atoms with van der Waals surface area (Å²) in [6.07, 6.45) is 3.48. The van der Waals surface area contributed by atoms with Crippen LogP contribution in [0.3, 0.4) is 0 Å². The Morgan fingerprint density at radius 2 is 2.26 bits per heavy atom.